The lowest BCUT2D eigenvalue weighted by atomic mass is 9.92. The summed E-state index contributed by atoms with van der Waals surface area (Å²) in [6.45, 7) is 3.38. The van der Waals surface area contributed by atoms with Crippen LogP contribution in [-0.2, 0) is 11.2 Å². The van der Waals surface area contributed by atoms with Gasteiger partial charge in [-0.3, -0.25) is 0 Å². The number of rotatable bonds is 10. The molecule has 142 valence electrons. The molecule has 1 aromatic rings. The normalized spacial score (nSPS) is 21.8. The van der Waals surface area contributed by atoms with E-state index in [-0.39, 0.29) is 12.2 Å². The van der Waals surface area contributed by atoms with Crippen LogP contribution < -0.4 is 14.8 Å². The van der Waals surface area contributed by atoms with Gasteiger partial charge >= 0.3 is 0 Å². The summed E-state index contributed by atoms with van der Waals surface area (Å²) in [5.74, 6) is 1.51. The second-order valence-electron chi connectivity index (χ2n) is 6.83. The highest BCUT2D eigenvalue weighted by Crippen LogP contribution is 2.28. The van der Waals surface area contributed by atoms with Crippen molar-refractivity contribution in [1.82, 2.24) is 5.32 Å². The molecule has 2 N–H and O–H groups in total. The molecule has 1 fully saturated rings. The second-order valence-corrected chi connectivity index (χ2v) is 6.83. The third-order valence-electron chi connectivity index (χ3n) is 4.84. The van der Waals surface area contributed by atoms with E-state index < -0.39 is 0 Å². The fourth-order valence-electron chi connectivity index (χ4n) is 3.37. The van der Waals surface area contributed by atoms with E-state index in [4.69, 9.17) is 14.2 Å². The number of nitrogens with one attached hydrogen (secondary N) is 1. The first-order chi connectivity index (χ1) is 12.1. The van der Waals surface area contributed by atoms with E-state index in [2.05, 4.69) is 11.4 Å². The number of aliphatic hydroxyl groups excluding tert-OH is 1. The van der Waals surface area contributed by atoms with Crippen molar-refractivity contribution in [3.63, 3.8) is 0 Å². The van der Waals surface area contributed by atoms with Gasteiger partial charge in [0.2, 0.25) is 0 Å². The molecule has 1 saturated carbocycles. The minimum atomic E-state index is -0.250. The molecular weight excluding hydrogens is 318 g/mol. The number of ether oxygens (including phenoxy) is 3. The minimum Gasteiger partial charge on any atom is -0.493 e. The second kappa shape index (κ2) is 10.6. The first-order valence-corrected chi connectivity index (χ1v) is 9.38. The zero-order valence-electron chi connectivity index (χ0n) is 15.8. The van der Waals surface area contributed by atoms with Gasteiger partial charge in [-0.2, -0.15) is 0 Å². The van der Waals surface area contributed by atoms with Crippen LogP contribution in [0.2, 0.25) is 0 Å². The third-order valence-corrected chi connectivity index (χ3v) is 4.84. The molecule has 1 aliphatic rings. The maximum Gasteiger partial charge on any atom is 0.160 e. The molecule has 0 saturated heterocycles. The summed E-state index contributed by atoms with van der Waals surface area (Å²) in [5, 5.41) is 13.0. The van der Waals surface area contributed by atoms with E-state index in [1.54, 1.807) is 14.2 Å². The van der Waals surface area contributed by atoms with Crippen LogP contribution in [0.15, 0.2) is 18.2 Å². The number of aliphatic hydroxyl groups is 1. The summed E-state index contributed by atoms with van der Waals surface area (Å²) in [4.78, 5) is 0. The van der Waals surface area contributed by atoms with Crippen molar-refractivity contribution < 1.29 is 19.3 Å². The lowest BCUT2D eigenvalue weighted by Crippen LogP contribution is -2.44. The smallest absolute Gasteiger partial charge is 0.160 e. The third kappa shape index (κ3) is 6.49. The van der Waals surface area contributed by atoms with Crippen LogP contribution in [-0.4, -0.2) is 50.7 Å². The molecule has 0 radical (unpaired) electrons. The van der Waals surface area contributed by atoms with E-state index >= 15 is 0 Å². The van der Waals surface area contributed by atoms with Crippen LogP contribution in [0.3, 0.4) is 0 Å². The van der Waals surface area contributed by atoms with Gasteiger partial charge in [0.05, 0.1) is 33.0 Å². The Kier molecular flexibility index (Phi) is 8.52. The fraction of sp³-hybridized carbons (Fsp3) is 0.700. The molecule has 0 aliphatic heterocycles. The number of hydrogen-bond donors (Lipinski definition) is 2. The first-order valence-electron chi connectivity index (χ1n) is 9.38. The first kappa shape index (κ1) is 20.0. The molecule has 5 nitrogen and oxygen atoms in total. The maximum absolute atomic E-state index is 9.40. The van der Waals surface area contributed by atoms with Crippen molar-refractivity contribution in [2.24, 2.45) is 0 Å². The number of methoxy groups -OCH3 is 2. The van der Waals surface area contributed by atoms with E-state index in [0.29, 0.717) is 12.6 Å². The molecule has 3 atom stereocenters. The Hall–Kier alpha value is -1.30. The highest BCUT2D eigenvalue weighted by Gasteiger charge is 2.25. The van der Waals surface area contributed by atoms with Gasteiger partial charge in [-0.25, -0.2) is 0 Å². The molecule has 1 aliphatic carbocycles. The van der Waals surface area contributed by atoms with Crippen LogP contribution in [0.5, 0.6) is 11.5 Å². The molecule has 2 rings (SSSR count). The molecule has 5 heteroatoms. The van der Waals surface area contributed by atoms with Gasteiger partial charge in [-0.05, 0) is 56.8 Å². The maximum atomic E-state index is 9.40. The van der Waals surface area contributed by atoms with Crippen molar-refractivity contribution in [1.29, 1.82) is 0 Å². The van der Waals surface area contributed by atoms with E-state index in [1.165, 1.54) is 18.4 Å². The Morgan fingerprint density at radius 3 is 2.64 bits per heavy atom. The fourth-order valence-corrected chi connectivity index (χ4v) is 3.37. The van der Waals surface area contributed by atoms with Gasteiger partial charge in [-0.1, -0.05) is 18.9 Å². The van der Waals surface area contributed by atoms with Gasteiger partial charge in [0.15, 0.2) is 11.5 Å². The Morgan fingerprint density at radius 2 is 1.92 bits per heavy atom. The Balaban J connectivity index is 1.80. The van der Waals surface area contributed by atoms with Crippen LogP contribution >= 0.6 is 0 Å². The summed E-state index contributed by atoms with van der Waals surface area (Å²) in [7, 11) is 3.30. The molecule has 0 amide bonds. The monoisotopic (exact) mass is 351 g/mol. The van der Waals surface area contributed by atoms with E-state index in [0.717, 1.165) is 43.7 Å². The highest BCUT2D eigenvalue weighted by atomic mass is 16.5. The zero-order chi connectivity index (χ0) is 18.1. The number of benzene rings is 1. The van der Waals surface area contributed by atoms with Crippen LogP contribution in [0.4, 0.5) is 0 Å². The average molecular weight is 351 g/mol. The molecule has 0 bridgehead atoms. The SMILES string of the molecule is COc1ccc(CCOC2CCCCC2NCC[C@H](C)O)cc1OC. The quantitative estimate of drug-likeness (QED) is 0.679. The van der Waals surface area contributed by atoms with Gasteiger partial charge in [-0.15, -0.1) is 0 Å². The molecular formula is C20H33NO4. The summed E-state index contributed by atoms with van der Waals surface area (Å²) < 4.78 is 16.8. The van der Waals surface area contributed by atoms with Gasteiger partial charge < -0.3 is 24.6 Å². The van der Waals surface area contributed by atoms with Crippen LogP contribution in [0.25, 0.3) is 0 Å². The van der Waals surface area contributed by atoms with Crippen molar-refractivity contribution in [3.8, 4) is 11.5 Å². The van der Waals surface area contributed by atoms with Crippen molar-refractivity contribution in [2.45, 2.75) is 63.7 Å². The molecule has 0 aromatic heterocycles. The summed E-state index contributed by atoms with van der Waals surface area (Å²) in [6.07, 6.45) is 6.41. The number of hydrogen-bond acceptors (Lipinski definition) is 5. The average Bonchev–Trinajstić information content (AvgIpc) is 2.62. The van der Waals surface area contributed by atoms with Crippen molar-refractivity contribution in [2.75, 3.05) is 27.4 Å². The van der Waals surface area contributed by atoms with Gasteiger partial charge in [0, 0.05) is 6.04 Å². The van der Waals surface area contributed by atoms with Crippen molar-refractivity contribution >= 4 is 0 Å². The highest BCUT2D eigenvalue weighted by molar-refractivity contribution is 5.42. The Labute approximate surface area is 151 Å². The summed E-state index contributed by atoms with van der Waals surface area (Å²) >= 11 is 0. The van der Waals surface area contributed by atoms with Crippen LogP contribution in [0.1, 0.15) is 44.6 Å². The largest absolute Gasteiger partial charge is 0.493 e. The topological polar surface area (TPSA) is 60.0 Å². The molecule has 0 heterocycles. The lowest BCUT2D eigenvalue weighted by Gasteiger charge is -2.32. The van der Waals surface area contributed by atoms with E-state index in [1.807, 2.05) is 19.1 Å². The molecule has 2 unspecified atom stereocenters. The predicted molar refractivity (Wildman–Crippen MR) is 99.5 cm³/mol. The summed E-state index contributed by atoms with van der Waals surface area (Å²) in [6, 6.07) is 6.42. The van der Waals surface area contributed by atoms with Gasteiger partial charge in [0.25, 0.3) is 0 Å². The predicted octanol–water partition coefficient (Wildman–Crippen LogP) is 2.93. The van der Waals surface area contributed by atoms with Crippen molar-refractivity contribution in [3.05, 3.63) is 23.8 Å². The summed E-state index contributed by atoms with van der Waals surface area (Å²) in [5.41, 5.74) is 1.19. The standard InChI is InChI=1S/C20H33NO4/c1-15(22)10-12-21-17-6-4-5-7-18(17)25-13-11-16-8-9-19(23-2)20(14-16)24-3/h8-9,14-15,17-18,21-22H,4-7,10-13H2,1-3H3/t15-,17?,18?/m0/s1. The molecule has 0 spiro atoms. The lowest BCUT2D eigenvalue weighted by molar-refractivity contribution is 0.00599. The van der Waals surface area contributed by atoms with Gasteiger partial charge in [0.1, 0.15) is 0 Å². The Bertz CT molecular complexity index is 506. The van der Waals surface area contributed by atoms with Crippen LogP contribution in [0, 0.1) is 0 Å². The zero-order valence-corrected chi connectivity index (χ0v) is 15.8. The van der Waals surface area contributed by atoms with E-state index in [9.17, 15) is 5.11 Å². The molecule has 25 heavy (non-hydrogen) atoms. The molecule has 1 aromatic carbocycles. The minimum absolute atomic E-state index is 0.250. The Morgan fingerprint density at radius 1 is 1.16 bits per heavy atom.